The molecule has 0 amide bonds. The molecule has 0 aromatic rings. The van der Waals surface area contributed by atoms with Gasteiger partial charge in [-0.3, -0.25) is 12.6 Å². The van der Waals surface area contributed by atoms with E-state index in [2.05, 4.69) is 19.7 Å². The average Bonchev–Trinajstić information content (AvgIpc) is 3.16. The third-order valence-corrected chi connectivity index (χ3v) is 6.52. The molecule has 0 aliphatic heterocycles. The summed E-state index contributed by atoms with van der Waals surface area (Å²) < 4.78 is 31.4. The molecule has 21 heteroatoms. The number of rotatable bonds is 42. The summed E-state index contributed by atoms with van der Waals surface area (Å²) in [5, 5.41) is 3.96. The van der Waals surface area contributed by atoms with Gasteiger partial charge in [0.2, 0.25) is 0 Å². The van der Waals surface area contributed by atoms with Gasteiger partial charge in [-0.05, 0) is 12.8 Å². The van der Waals surface area contributed by atoms with Crippen molar-refractivity contribution in [3.63, 3.8) is 0 Å². The standard InChI is InChI=1S/C24H47N2O6.C8H20N2O5.C3H3O2.2Na.2H2O/c25-31-23-21-29-19-17-28-18-20-30-22-24-32-26-15-13-11-9-7-5-3-1-2-4-6-8-10-12-14-16-27;9-14-7-5-12-3-1-11-2-4-13-6-8-15-10;4-2-1-3-5;;;;/h15H,1-14,17-25H2;1-10H2;2H,1H2;;;2*1H2/q-1;;-1;2*+1;;/p+2/b26-15+;;;;;;. The zero-order valence-electron chi connectivity index (χ0n) is 34.7. The number of nitrogens with zero attached hydrogens (tertiary/aromatic N) is 1. The van der Waals surface area contributed by atoms with Crippen LogP contribution >= 0.6 is 0 Å². The number of carbonyl (C=O) groups is 1. The molecule has 0 aliphatic rings. The van der Waals surface area contributed by atoms with Crippen LogP contribution in [0.3, 0.4) is 0 Å². The summed E-state index contributed by atoms with van der Waals surface area (Å²) in [5.74, 6) is 14.5. The van der Waals surface area contributed by atoms with Crippen molar-refractivity contribution in [1.29, 1.82) is 0 Å². The van der Waals surface area contributed by atoms with E-state index >= 15 is 0 Å². The van der Waals surface area contributed by atoms with E-state index in [9.17, 15) is 4.79 Å². The number of unbranched alkanes of at least 4 members (excludes halogenated alkanes) is 13. The molecule has 19 nitrogen and oxygen atoms in total. The van der Waals surface area contributed by atoms with Crippen LogP contribution in [0.4, 0.5) is 0 Å². The van der Waals surface area contributed by atoms with Gasteiger partial charge in [0.05, 0.1) is 105 Å². The molecule has 0 heterocycles. The first kappa shape index (κ1) is 70.5. The summed E-state index contributed by atoms with van der Waals surface area (Å²) in [6.45, 7) is 7.76. The predicted molar refractivity (Wildman–Crippen MR) is 206 cm³/mol. The van der Waals surface area contributed by atoms with Crippen molar-refractivity contribution in [2.24, 2.45) is 22.8 Å². The van der Waals surface area contributed by atoms with Gasteiger partial charge in [0, 0.05) is 6.21 Å². The minimum absolute atomic E-state index is 0. The monoisotopic (exact) mass is 839 g/mol. The van der Waals surface area contributed by atoms with Crippen LogP contribution in [0, 0.1) is 0 Å². The average molecular weight is 839 g/mol. The Morgan fingerprint density at radius 1 is 0.429 bits per heavy atom. The summed E-state index contributed by atoms with van der Waals surface area (Å²) in [6, 6.07) is 0. The predicted octanol–water partition coefficient (Wildman–Crippen LogP) is -4.83. The molecule has 0 rings (SSSR count). The quantitative estimate of drug-likeness (QED) is 0.00759. The largest absolute Gasteiger partial charge is 1.00 e. The normalized spacial score (nSPS) is 9.98. The minimum atomic E-state index is -0.0972. The summed E-state index contributed by atoms with van der Waals surface area (Å²) in [6.07, 6.45) is 22.4. The number of hydrogen-bond acceptors (Lipinski definition) is 17. The van der Waals surface area contributed by atoms with Gasteiger partial charge >= 0.3 is 59.1 Å². The van der Waals surface area contributed by atoms with Crippen LogP contribution in [0.25, 0.3) is 0 Å². The van der Waals surface area contributed by atoms with Crippen molar-refractivity contribution in [3.8, 4) is 0 Å². The Bertz CT molecular complexity index is 685. The van der Waals surface area contributed by atoms with E-state index in [0.717, 1.165) is 12.8 Å². The second-order valence-corrected chi connectivity index (χ2v) is 10.8. The van der Waals surface area contributed by atoms with Gasteiger partial charge in [0.15, 0.2) is 0 Å². The first-order chi connectivity index (χ1) is 25.7. The van der Waals surface area contributed by atoms with Crippen LogP contribution in [0.2, 0.25) is 0 Å². The maximum atomic E-state index is 10.1. The number of oxime groups is 1. The van der Waals surface area contributed by atoms with Crippen molar-refractivity contribution >= 4 is 25.1 Å². The van der Waals surface area contributed by atoms with Crippen LogP contribution in [0.15, 0.2) is 5.16 Å². The molecular weight excluding hydrogens is 762 g/mol. The van der Waals surface area contributed by atoms with Crippen LogP contribution in [0.1, 0.15) is 96.3 Å². The van der Waals surface area contributed by atoms with E-state index in [0.29, 0.717) is 118 Å². The molecule has 0 aromatic heterocycles. The van der Waals surface area contributed by atoms with Gasteiger partial charge in [0.1, 0.15) is 6.61 Å². The first-order valence-corrected chi connectivity index (χ1v) is 18.4. The Kier molecular flexibility index (Phi) is 95.3. The van der Waals surface area contributed by atoms with E-state index in [1.165, 1.54) is 76.9 Å². The van der Waals surface area contributed by atoms with Gasteiger partial charge in [-0.15, -0.1) is 0 Å². The van der Waals surface area contributed by atoms with Crippen molar-refractivity contribution < 1.29 is 132 Å². The maximum Gasteiger partial charge on any atom is 1.00 e. The zero-order chi connectivity index (χ0) is 38.5. The minimum Gasteiger partial charge on any atom is -0.542 e. The molecule has 0 bridgehead atoms. The summed E-state index contributed by atoms with van der Waals surface area (Å²) in [4.78, 5) is 46.5. The fraction of sp³-hybridized carbons (Fsp3) is 0.886. The third kappa shape index (κ3) is 82.0. The maximum absolute atomic E-state index is 10.1. The number of aldehydes is 1. The van der Waals surface area contributed by atoms with Crippen LogP contribution in [-0.2, 0) is 73.1 Å². The molecule has 0 spiro atoms. The molecule has 0 unspecified atom stereocenters. The Morgan fingerprint density at radius 3 is 1.02 bits per heavy atom. The van der Waals surface area contributed by atoms with E-state index in [4.69, 9.17) is 60.5 Å². The number of hydrogen-bond donors (Lipinski definition) is 3. The SMILES string of the molecule is NOCCOCCOCCOCCO/N=C/CCCCCCCCCCCCCC[C-]=O.NOCCOCCOCCOCCON.O=[C-]CC=O.[Na+].[Na+].[OH3+].[OH3+]. The second-order valence-electron chi connectivity index (χ2n) is 10.8. The number of carbonyl (C=O) groups excluding carboxylic acids is 3. The molecule has 12 N–H and O–H groups in total. The fourth-order valence-electron chi connectivity index (χ4n) is 3.89. The van der Waals surface area contributed by atoms with Crippen LogP contribution in [0.5, 0.6) is 0 Å². The molecular formula is C35H76N4Na2O15+2. The second kappa shape index (κ2) is 75.7. The van der Waals surface area contributed by atoms with Gasteiger partial charge in [-0.2, -0.15) is 6.42 Å². The molecule has 0 atom stereocenters. The Hall–Kier alpha value is -0.0800. The van der Waals surface area contributed by atoms with Crippen molar-refractivity contribution in [3.05, 3.63) is 0 Å². The van der Waals surface area contributed by atoms with Gasteiger partial charge in [-0.25, -0.2) is 17.7 Å². The Labute approximate surface area is 379 Å². The Balaban J connectivity index is -0.000000168. The molecule has 326 valence electrons. The van der Waals surface area contributed by atoms with E-state index < -0.39 is 0 Å². The fourth-order valence-corrected chi connectivity index (χ4v) is 3.89. The van der Waals surface area contributed by atoms with Gasteiger partial charge in [-0.1, -0.05) is 82.2 Å². The van der Waals surface area contributed by atoms with Gasteiger partial charge in [0.25, 0.3) is 0 Å². The van der Waals surface area contributed by atoms with Crippen molar-refractivity contribution in [2.45, 2.75) is 96.3 Å². The van der Waals surface area contributed by atoms with E-state index in [1.807, 2.05) is 12.5 Å². The number of ether oxygens (including phenoxy) is 6. The topological polar surface area (TPSA) is 300 Å². The summed E-state index contributed by atoms with van der Waals surface area (Å²) >= 11 is 0. The molecule has 0 radical (unpaired) electrons. The first-order valence-electron chi connectivity index (χ1n) is 18.4. The smallest absolute Gasteiger partial charge is 0.542 e. The summed E-state index contributed by atoms with van der Waals surface area (Å²) in [5.41, 5.74) is 0. The molecule has 0 fully saturated rings. The molecule has 0 aromatic carbocycles. The van der Waals surface area contributed by atoms with Crippen LogP contribution < -0.4 is 76.8 Å². The molecule has 0 aliphatic carbocycles. The third-order valence-electron chi connectivity index (χ3n) is 6.52. The van der Waals surface area contributed by atoms with Crippen molar-refractivity contribution in [1.82, 2.24) is 0 Å². The van der Waals surface area contributed by atoms with Gasteiger partial charge < -0.3 is 73.1 Å². The van der Waals surface area contributed by atoms with E-state index in [1.54, 1.807) is 0 Å². The summed E-state index contributed by atoms with van der Waals surface area (Å²) in [7, 11) is 0. The van der Waals surface area contributed by atoms with Crippen molar-refractivity contribution in [2.75, 3.05) is 106 Å². The van der Waals surface area contributed by atoms with Crippen LogP contribution in [-0.4, -0.2) is 131 Å². The zero-order valence-corrected chi connectivity index (χ0v) is 38.7. The molecule has 0 saturated carbocycles. The number of nitrogens with two attached hydrogens (primary N) is 3. The van der Waals surface area contributed by atoms with E-state index in [-0.39, 0.29) is 76.5 Å². The Morgan fingerprint density at radius 2 is 0.732 bits per heavy atom. The molecule has 56 heavy (non-hydrogen) atoms. The molecule has 0 saturated heterocycles.